The molecule has 0 unspecified atom stereocenters. The average Bonchev–Trinajstić information content (AvgIpc) is 2.87. The number of nitrogens with one attached hydrogen (secondary N) is 3. The van der Waals surface area contributed by atoms with Crippen LogP contribution in [0.25, 0.3) is 0 Å². The van der Waals surface area contributed by atoms with E-state index in [4.69, 9.17) is 11.6 Å². The molecule has 1 heterocycles. The summed E-state index contributed by atoms with van der Waals surface area (Å²) in [5, 5.41) is 12.4. The molecule has 122 valence electrons. The number of halogens is 1. The number of amides is 3. The number of hydrogen-bond donors (Lipinski definition) is 3. The molecule has 3 N–H and O–H groups in total. The van der Waals surface area contributed by atoms with E-state index in [2.05, 4.69) is 21.0 Å². The molecule has 0 aliphatic heterocycles. The van der Waals surface area contributed by atoms with Crippen LogP contribution in [0, 0.1) is 0 Å². The maximum atomic E-state index is 11.9. The molecule has 23 heavy (non-hydrogen) atoms. The molecule has 8 heteroatoms. The van der Waals surface area contributed by atoms with Gasteiger partial charge in [-0.15, -0.1) is 0 Å². The number of carbonyl (C=O) groups excluding carboxylic acids is 2. The van der Waals surface area contributed by atoms with E-state index in [1.165, 1.54) is 6.92 Å². The summed E-state index contributed by atoms with van der Waals surface area (Å²) >= 11 is 6.09. The number of anilines is 2. The monoisotopic (exact) mass is 335 g/mol. The Bertz CT molecular complexity index is 714. The van der Waals surface area contributed by atoms with Gasteiger partial charge in [-0.25, -0.2) is 4.79 Å². The number of hydrogen-bond acceptors (Lipinski definition) is 3. The zero-order valence-corrected chi connectivity index (χ0v) is 13.6. The van der Waals surface area contributed by atoms with Crippen molar-refractivity contribution in [3.63, 3.8) is 0 Å². The Morgan fingerprint density at radius 1 is 1.26 bits per heavy atom. The van der Waals surface area contributed by atoms with Crippen molar-refractivity contribution in [3.05, 3.63) is 41.2 Å². The van der Waals surface area contributed by atoms with Crippen molar-refractivity contribution in [1.82, 2.24) is 15.1 Å². The number of rotatable bonds is 5. The topological polar surface area (TPSA) is 88.1 Å². The second kappa shape index (κ2) is 7.64. The van der Waals surface area contributed by atoms with Crippen LogP contribution in [-0.2, 0) is 18.3 Å². The molecular weight excluding hydrogens is 318 g/mol. The van der Waals surface area contributed by atoms with E-state index in [1.54, 1.807) is 29.1 Å². The van der Waals surface area contributed by atoms with E-state index < -0.39 is 0 Å². The SMILES string of the molecule is CC(=O)Nc1ccc(NC(=O)NCCc2ccnn2C)c(Cl)c1. The highest BCUT2D eigenvalue weighted by atomic mass is 35.5. The Kier molecular flexibility index (Phi) is 5.59. The van der Waals surface area contributed by atoms with Crippen LogP contribution in [0.3, 0.4) is 0 Å². The number of benzene rings is 1. The van der Waals surface area contributed by atoms with Gasteiger partial charge in [0.1, 0.15) is 0 Å². The minimum atomic E-state index is -0.346. The molecule has 0 saturated carbocycles. The second-order valence-electron chi connectivity index (χ2n) is 4.95. The Hall–Kier alpha value is -2.54. The van der Waals surface area contributed by atoms with Gasteiger partial charge in [-0.2, -0.15) is 5.10 Å². The maximum absolute atomic E-state index is 11.9. The fourth-order valence-corrected chi connectivity index (χ4v) is 2.24. The summed E-state index contributed by atoms with van der Waals surface area (Å²) in [6.45, 7) is 1.89. The van der Waals surface area contributed by atoms with Crippen molar-refractivity contribution in [3.8, 4) is 0 Å². The van der Waals surface area contributed by atoms with E-state index in [9.17, 15) is 9.59 Å². The van der Waals surface area contributed by atoms with Crippen molar-refractivity contribution in [2.75, 3.05) is 17.2 Å². The lowest BCUT2D eigenvalue weighted by Gasteiger charge is -2.10. The summed E-state index contributed by atoms with van der Waals surface area (Å²) in [5.41, 5.74) is 2.08. The maximum Gasteiger partial charge on any atom is 0.319 e. The Labute approximate surface area is 139 Å². The number of carbonyl (C=O) groups is 2. The van der Waals surface area contributed by atoms with Crippen molar-refractivity contribution >= 4 is 34.9 Å². The lowest BCUT2D eigenvalue weighted by atomic mass is 10.2. The third kappa shape index (κ3) is 5.00. The number of aryl methyl sites for hydroxylation is 1. The summed E-state index contributed by atoms with van der Waals surface area (Å²) in [6, 6.07) is 6.43. The van der Waals surface area contributed by atoms with Gasteiger partial charge in [0.15, 0.2) is 0 Å². The standard InChI is InChI=1S/C15H18ClN5O2/c1-10(22)19-11-3-4-14(13(16)9-11)20-15(23)17-7-5-12-6-8-18-21(12)2/h3-4,6,8-9H,5,7H2,1-2H3,(H,19,22)(H2,17,20,23). The summed E-state index contributed by atoms with van der Waals surface area (Å²) in [5.74, 6) is -0.185. The highest BCUT2D eigenvalue weighted by Crippen LogP contribution is 2.25. The molecule has 3 amide bonds. The van der Waals surface area contributed by atoms with Crippen molar-refractivity contribution in [2.24, 2.45) is 7.05 Å². The van der Waals surface area contributed by atoms with Gasteiger partial charge < -0.3 is 16.0 Å². The van der Waals surface area contributed by atoms with Gasteiger partial charge in [-0.05, 0) is 24.3 Å². The normalized spacial score (nSPS) is 10.2. The van der Waals surface area contributed by atoms with Crippen LogP contribution in [0.4, 0.5) is 16.2 Å². The van der Waals surface area contributed by atoms with Crippen molar-refractivity contribution in [1.29, 1.82) is 0 Å². The van der Waals surface area contributed by atoms with Gasteiger partial charge >= 0.3 is 6.03 Å². The third-order valence-electron chi connectivity index (χ3n) is 3.13. The van der Waals surface area contributed by atoms with Crippen LogP contribution in [-0.4, -0.2) is 28.3 Å². The molecule has 1 aromatic heterocycles. The fraction of sp³-hybridized carbons (Fsp3) is 0.267. The lowest BCUT2D eigenvalue weighted by Crippen LogP contribution is -2.30. The highest BCUT2D eigenvalue weighted by molar-refractivity contribution is 6.34. The minimum Gasteiger partial charge on any atom is -0.337 e. The predicted octanol–water partition coefficient (Wildman–Crippen LogP) is 2.40. The number of nitrogens with zero attached hydrogens (tertiary/aromatic N) is 2. The van der Waals surface area contributed by atoms with Gasteiger partial charge in [0.2, 0.25) is 5.91 Å². The summed E-state index contributed by atoms with van der Waals surface area (Å²) < 4.78 is 1.76. The van der Waals surface area contributed by atoms with Gasteiger partial charge in [0.05, 0.1) is 10.7 Å². The average molecular weight is 336 g/mol. The summed E-state index contributed by atoms with van der Waals surface area (Å²) in [4.78, 5) is 22.9. The first-order valence-corrected chi connectivity index (χ1v) is 7.42. The van der Waals surface area contributed by atoms with E-state index in [0.29, 0.717) is 29.4 Å². The molecule has 0 radical (unpaired) electrons. The fourth-order valence-electron chi connectivity index (χ4n) is 2.01. The molecule has 0 atom stereocenters. The van der Waals surface area contributed by atoms with Crippen molar-refractivity contribution < 1.29 is 9.59 Å². The van der Waals surface area contributed by atoms with Crippen molar-refractivity contribution in [2.45, 2.75) is 13.3 Å². The molecule has 0 aliphatic carbocycles. The Balaban J connectivity index is 1.85. The first-order chi connectivity index (χ1) is 11.0. The lowest BCUT2D eigenvalue weighted by molar-refractivity contribution is -0.114. The van der Waals surface area contributed by atoms with Gasteiger partial charge in [0.25, 0.3) is 0 Å². The Morgan fingerprint density at radius 3 is 2.65 bits per heavy atom. The van der Waals surface area contributed by atoms with Crippen LogP contribution in [0.15, 0.2) is 30.5 Å². The van der Waals surface area contributed by atoms with E-state index in [1.807, 2.05) is 13.1 Å². The minimum absolute atomic E-state index is 0.185. The quantitative estimate of drug-likeness (QED) is 0.784. The molecule has 2 aromatic rings. The molecule has 2 rings (SSSR count). The van der Waals surface area contributed by atoms with E-state index in [-0.39, 0.29) is 11.9 Å². The van der Waals surface area contributed by atoms with Gasteiger partial charge in [-0.3, -0.25) is 9.48 Å². The second-order valence-corrected chi connectivity index (χ2v) is 5.36. The number of aromatic nitrogens is 2. The highest BCUT2D eigenvalue weighted by Gasteiger charge is 2.07. The zero-order chi connectivity index (χ0) is 16.8. The smallest absolute Gasteiger partial charge is 0.319 e. The molecule has 0 fully saturated rings. The Morgan fingerprint density at radius 2 is 2.04 bits per heavy atom. The molecule has 0 bridgehead atoms. The van der Waals surface area contributed by atoms with E-state index in [0.717, 1.165) is 5.69 Å². The van der Waals surface area contributed by atoms with Crippen LogP contribution in [0.1, 0.15) is 12.6 Å². The summed E-state index contributed by atoms with van der Waals surface area (Å²) in [6.07, 6.45) is 2.39. The van der Waals surface area contributed by atoms with Crippen LogP contribution in [0.2, 0.25) is 5.02 Å². The molecular formula is C15H18ClN5O2. The molecule has 0 spiro atoms. The van der Waals surface area contributed by atoms with E-state index >= 15 is 0 Å². The molecule has 0 saturated heterocycles. The third-order valence-corrected chi connectivity index (χ3v) is 3.44. The molecule has 0 aliphatic rings. The predicted molar refractivity (Wildman–Crippen MR) is 89.7 cm³/mol. The largest absolute Gasteiger partial charge is 0.337 e. The van der Waals surface area contributed by atoms with Crippen LogP contribution >= 0.6 is 11.6 Å². The first-order valence-electron chi connectivity index (χ1n) is 7.04. The van der Waals surface area contributed by atoms with Gasteiger partial charge in [-0.1, -0.05) is 11.6 Å². The van der Waals surface area contributed by atoms with Crippen LogP contribution in [0.5, 0.6) is 0 Å². The summed E-state index contributed by atoms with van der Waals surface area (Å²) in [7, 11) is 1.85. The zero-order valence-electron chi connectivity index (χ0n) is 12.9. The van der Waals surface area contributed by atoms with Crippen LogP contribution < -0.4 is 16.0 Å². The molecule has 7 nitrogen and oxygen atoms in total. The first kappa shape index (κ1) is 16.8. The van der Waals surface area contributed by atoms with Gasteiger partial charge in [0, 0.05) is 44.5 Å². The molecule has 1 aromatic carbocycles. The number of urea groups is 1.